The second kappa shape index (κ2) is 5.39. The Morgan fingerprint density at radius 1 is 1.33 bits per heavy atom. The highest BCUT2D eigenvalue weighted by Gasteiger charge is 2.30. The van der Waals surface area contributed by atoms with Crippen molar-refractivity contribution >= 4 is 15.2 Å². The molecule has 3 N–H and O–H groups in total. The molecule has 90 valence electrons. The van der Waals surface area contributed by atoms with Gasteiger partial charge < -0.3 is 19.2 Å². The van der Waals surface area contributed by atoms with Crippen LogP contribution in [0.25, 0.3) is 0 Å². The zero-order valence-electron chi connectivity index (χ0n) is 8.66. The highest BCUT2D eigenvalue weighted by molar-refractivity contribution is 7.70. The van der Waals surface area contributed by atoms with Crippen LogP contribution in [0.4, 0.5) is 0 Å². The van der Waals surface area contributed by atoms with Crippen LogP contribution < -0.4 is 0 Å². The topological polar surface area (TPSA) is 104 Å². The lowest BCUT2D eigenvalue weighted by Crippen LogP contribution is -2.03. The van der Waals surface area contributed by atoms with Crippen molar-refractivity contribution in [2.75, 3.05) is 12.5 Å². The fourth-order valence-electron chi connectivity index (χ4n) is 0.624. The predicted octanol–water partition coefficient (Wildman–Crippen LogP) is 1.54. The van der Waals surface area contributed by atoms with Crippen molar-refractivity contribution in [3.63, 3.8) is 0 Å². The molecular formula is C7H16O6P2. The van der Waals surface area contributed by atoms with Crippen molar-refractivity contribution in [1.29, 1.82) is 0 Å². The summed E-state index contributed by atoms with van der Waals surface area (Å²) in [5.74, 6) is -1.08. The molecule has 0 heterocycles. The minimum absolute atomic E-state index is 0.0834. The Kier molecular flexibility index (Phi) is 5.41. The maximum absolute atomic E-state index is 11.2. The first-order valence-corrected chi connectivity index (χ1v) is 7.78. The van der Waals surface area contributed by atoms with Crippen LogP contribution in [0.5, 0.6) is 0 Å². The van der Waals surface area contributed by atoms with E-state index in [2.05, 4.69) is 11.1 Å². The average Bonchev–Trinajstić information content (AvgIpc) is 1.95. The third kappa shape index (κ3) is 7.91. The lowest BCUT2D eigenvalue weighted by Gasteiger charge is -2.15. The molecule has 0 aromatic heterocycles. The molecule has 0 aromatic rings. The van der Waals surface area contributed by atoms with Crippen LogP contribution in [0.1, 0.15) is 13.8 Å². The molecule has 15 heavy (non-hydrogen) atoms. The molecule has 0 aromatic carbocycles. The SMILES string of the molecule is C=C(COP(=O)(O)CP(=O)(O)O)C(C)C. The Morgan fingerprint density at radius 3 is 2.13 bits per heavy atom. The second-order valence-corrected chi connectivity index (χ2v) is 7.52. The second-order valence-electron chi connectivity index (χ2n) is 3.53. The smallest absolute Gasteiger partial charge is 0.324 e. The van der Waals surface area contributed by atoms with Gasteiger partial charge in [-0.3, -0.25) is 9.13 Å². The molecule has 0 saturated heterocycles. The fourth-order valence-corrected chi connectivity index (χ4v) is 3.18. The van der Waals surface area contributed by atoms with Gasteiger partial charge in [0.1, 0.15) is 0 Å². The predicted molar refractivity (Wildman–Crippen MR) is 56.7 cm³/mol. The summed E-state index contributed by atoms with van der Waals surface area (Å²) in [4.78, 5) is 26.1. The van der Waals surface area contributed by atoms with Crippen LogP contribution >= 0.6 is 15.2 Å². The summed E-state index contributed by atoms with van der Waals surface area (Å²) in [6.07, 6.45) is 0. The largest absolute Gasteiger partial charge is 0.340 e. The zero-order chi connectivity index (χ0) is 12.3. The molecule has 0 aliphatic rings. The standard InChI is InChI=1S/C7H16O6P2/c1-6(2)7(3)4-13-15(11,12)5-14(8,9)10/h6H,3-5H2,1-2H3,(H,11,12)(H2,8,9,10). The van der Waals surface area contributed by atoms with Crippen molar-refractivity contribution in [3.8, 4) is 0 Å². The summed E-state index contributed by atoms with van der Waals surface area (Å²) in [6.45, 7) is 7.09. The lowest BCUT2D eigenvalue weighted by atomic mass is 10.1. The van der Waals surface area contributed by atoms with Crippen LogP contribution in [-0.2, 0) is 13.7 Å². The number of hydrogen-bond acceptors (Lipinski definition) is 3. The molecule has 0 radical (unpaired) electrons. The number of hydrogen-bond donors (Lipinski definition) is 3. The van der Waals surface area contributed by atoms with Gasteiger partial charge >= 0.3 is 15.2 Å². The molecule has 1 atom stereocenters. The van der Waals surface area contributed by atoms with Crippen molar-refractivity contribution < 1.29 is 28.3 Å². The van der Waals surface area contributed by atoms with Gasteiger partial charge in [-0.25, -0.2) is 0 Å². The molecule has 0 aliphatic heterocycles. The Morgan fingerprint density at radius 2 is 1.80 bits per heavy atom. The van der Waals surface area contributed by atoms with Crippen LogP contribution in [0.15, 0.2) is 12.2 Å². The molecule has 1 unspecified atom stereocenters. The first kappa shape index (κ1) is 15.0. The first-order valence-electron chi connectivity index (χ1n) is 4.22. The number of rotatable bonds is 6. The van der Waals surface area contributed by atoms with Gasteiger partial charge in [0.15, 0.2) is 5.90 Å². The van der Waals surface area contributed by atoms with Gasteiger partial charge in [0.25, 0.3) is 0 Å². The molecule has 0 rings (SSSR count). The van der Waals surface area contributed by atoms with E-state index in [4.69, 9.17) is 14.7 Å². The highest BCUT2D eigenvalue weighted by Crippen LogP contribution is 2.55. The summed E-state index contributed by atoms with van der Waals surface area (Å²) >= 11 is 0. The van der Waals surface area contributed by atoms with Crippen LogP contribution in [0, 0.1) is 5.92 Å². The monoisotopic (exact) mass is 258 g/mol. The van der Waals surface area contributed by atoms with Gasteiger partial charge in [-0.1, -0.05) is 20.4 Å². The summed E-state index contributed by atoms with van der Waals surface area (Å²) in [5.41, 5.74) is 0.593. The maximum atomic E-state index is 11.2. The Hall–Kier alpha value is 0.0400. The lowest BCUT2D eigenvalue weighted by molar-refractivity contribution is 0.275. The van der Waals surface area contributed by atoms with Gasteiger partial charge in [0.05, 0.1) is 6.61 Å². The third-order valence-electron chi connectivity index (χ3n) is 1.63. The van der Waals surface area contributed by atoms with Gasteiger partial charge in [-0.15, -0.1) is 0 Å². The quantitative estimate of drug-likeness (QED) is 0.493. The van der Waals surface area contributed by atoms with Crippen LogP contribution in [-0.4, -0.2) is 27.2 Å². The molecule has 0 saturated carbocycles. The summed E-state index contributed by atoms with van der Waals surface area (Å²) in [7, 11) is -8.77. The highest BCUT2D eigenvalue weighted by atomic mass is 31.2. The van der Waals surface area contributed by atoms with Crippen molar-refractivity contribution in [1.82, 2.24) is 0 Å². The van der Waals surface area contributed by atoms with E-state index in [0.717, 1.165) is 0 Å². The van der Waals surface area contributed by atoms with E-state index in [1.807, 2.05) is 13.8 Å². The molecular weight excluding hydrogens is 242 g/mol. The van der Waals surface area contributed by atoms with E-state index < -0.39 is 21.1 Å². The molecule has 0 aliphatic carbocycles. The van der Waals surface area contributed by atoms with E-state index in [9.17, 15) is 9.13 Å². The average molecular weight is 258 g/mol. The minimum Gasteiger partial charge on any atom is -0.324 e. The summed E-state index contributed by atoms with van der Waals surface area (Å²) in [5, 5.41) is 0. The van der Waals surface area contributed by atoms with E-state index >= 15 is 0 Å². The van der Waals surface area contributed by atoms with Crippen LogP contribution in [0.3, 0.4) is 0 Å². The minimum atomic E-state index is -4.54. The Balaban J connectivity index is 4.23. The van der Waals surface area contributed by atoms with E-state index in [-0.39, 0.29) is 12.5 Å². The van der Waals surface area contributed by atoms with Gasteiger partial charge in [-0.05, 0) is 11.5 Å². The van der Waals surface area contributed by atoms with E-state index in [1.54, 1.807) is 0 Å². The molecule has 8 heteroatoms. The molecule has 0 amide bonds. The Bertz CT molecular complexity index is 317. The summed E-state index contributed by atoms with van der Waals surface area (Å²) in [6, 6.07) is 0. The molecule has 0 spiro atoms. The molecule has 0 fully saturated rings. The van der Waals surface area contributed by atoms with E-state index in [0.29, 0.717) is 5.57 Å². The van der Waals surface area contributed by atoms with Crippen molar-refractivity contribution in [2.24, 2.45) is 5.92 Å². The molecule has 6 nitrogen and oxygen atoms in total. The normalized spacial score (nSPS) is 16.4. The van der Waals surface area contributed by atoms with Gasteiger partial charge in [0.2, 0.25) is 0 Å². The van der Waals surface area contributed by atoms with Gasteiger partial charge in [-0.2, -0.15) is 0 Å². The Labute approximate surface area is 88.7 Å². The first-order chi connectivity index (χ1) is 6.53. The third-order valence-corrected chi connectivity index (χ3v) is 5.07. The van der Waals surface area contributed by atoms with E-state index in [1.165, 1.54) is 0 Å². The fraction of sp³-hybridized carbons (Fsp3) is 0.714. The zero-order valence-corrected chi connectivity index (χ0v) is 10.4. The maximum Gasteiger partial charge on any atom is 0.340 e. The van der Waals surface area contributed by atoms with Gasteiger partial charge in [0, 0.05) is 0 Å². The summed E-state index contributed by atoms with van der Waals surface area (Å²) < 4.78 is 26.2. The van der Waals surface area contributed by atoms with Crippen molar-refractivity contribution in [2.45, 2.75) is 13.8 Å². The van der Waals surface area contributed by atoms with Crippen LogP contribution in [0.2, 0.25) is 0 Å². The van der Waals surface area contributed by atoms with Crippen molar-refractivity contribution in [3.05, 3.63) is 12.2 Å². The molecule has 0 bridgehead atoms.